The Morgan fingerprint density at radius 3 is 2.74 bits per heavy atom. The molecule has 1 heterocycles. The van der Waals surface area contributed by atoms with Gasteiger partial charge in [0, 0.05) is 4.88 Å². The Morgan fingerprint density at radius 1 is 1.37 bits per heavy atom. The van der Waals surface area contributed by atoms with Gasteiger partial charge in [-0.1, -0.05) is 30.7 Å². The van der Waals surface area contributed by atoms with Gasteiger partial charge in [-0.15, -0.1) is 11.3 Å². The molecule has 1 atom stereocenters. The molecule has 4 heteroatoms. The van der Waals surface area contributed by atoms with E-state index in [1.54, 1.807) is 18.4 Å². The molecule has 1 aromatic heterocycles. The molecule has 0 aliphatic heterocycles. The Labute approximate surface area is 123 Å². The van der Waals surface area contributed by atoms with Crippen LogP contribution in [0.3, 0.4) is 0 Å². The molecule has 1 N–H and O–H groups in total. The maximum Gasteiger partial charge on any atom is 0.122 e. The van der Waals surface area contributed by atoms with Crippen LogP contribution in [0.1, 0.15) is 29.0 Å². The lowest BCUT2D eigenvalue weighted by atomic mass is 10.0. The van der Waals surface area contributed by atoms with E-state index in [0.29, 0.717) is 0 Å². The van der Waals surface area contributed by atoms with Crippen LogP contribution in [-0.4, -0.2) is 13.7 Å². The minimum absolute atomic E-state index is 0.118. The van der Waals surface area contributed by atoms with Crippen LogP contribution < -0.4 is 10.1 Å². The summed E-state index contributed by atoms with van der Waals surface area (Å²) in [7, 11) is 1.70. The number of thiophene rings is 1. The molecule has 0 amide bonds. The minimum atomic E-state index is 0.118. The topological polar surface area (TPSA) is 21.3 Å². The Morgan fingerprint density at radius 2 is 2.16 bits per heavy atom. The van der Waals surface area contributed by atoms with Gasteiger partial charge in [-0.3, -0.25) is 0 Å². The zero-order valence-corrected chi connectivity index (χ0v) is 12.9. The molecule has 2 aromatic rings. The average molecular weight is 296 g/mol. The van der Waals surface area contributed by atoms with Gasteiger partial charge < -0.3 is 10.1 Å². The molecule has 0 bridgehead atoms. The third-order valence-corrected chi connectivity index (χ3v) is 4.50. The maximum atomic E-state index is 6.26. The first kappa shape index (κ1) is 14.4. The second kappa shape index (κ2) is 6.42. The maximum absolute atomic E-state index is 6.26. The van der Waals surface area contributed by atoms with Gasteiger partial charge in [-0.05, 0) is 42.1 Å². The van der Waals surface area contributed by atoms with E-state index < -0.39 is 0 Å². The van der Waals surface area contributed by atoms with Crippen LogP contribution in [0.2, 0.25) is 5.02 Å². The van der Waals surface area contributed by atoms with Crippen molar-refractivity contribution in [2.75, 3.05) is 13.7 Å². The average Bonchev–Trinajstić information content (AvgIpc) is 2.83. The predicted octanol–water partition coefficient (Wildman–Crippen LogP) is 4.42. The summed E-state index contributed by atoms with van der Waals surface area (Å²) in [6, 6.07) is 8.35. The second-order valence-electron chi connectivity index (χ2n) is 4.35. The van der Waals surface area contributed by atoms with Gasteiger partial charge >= 0.3 is 0 Å². The molecular weight excluding hydrogens is 278 g/mol. The van der Waals surface area contributed by atoms with Crippen LogP contribution in [0.15, 0.2) is 29.6 Å². The first-order chi connectivity index (χ1) is 9.17. The molecule has 0 radical (unpaired) electrons. The number of rotatable bonds is 5. The van der Waals surface area contributed by atoms with Crippen molar-refractivity contribution in [1.82, 2.24) is 5.32 Å². The van der Waals surface area contributed by atoms with Crippen molar-refractivity contribution in [3.8, 4) is 5.75 Å². The van der Waals surface area contributed by atoms with Crippen molar-refractivity contribution in [3.05, 3.63) is 50.7 Å². The lowest BCUT2D eigenvalue weighted by Gasteiger charge is -2.19. The number of methoxy groups -OCH3 is 1. The summed E-state index contributed by atoms with van der Waals surface area (Å²) in [6.45, 7) is 5.03. The summed E-state index contributed by atoms with van der Waals surface area (Å²) < 4.78 is 5.40. The van der Waals surface area contributed by atoms with Crippen molar-refractivity contribution in [3.63, 3.8) is 0 Å². The van der Waals surface area contributed by atoms with Crippen molar-refractivity contribution in [1.29, 1.82) is 0 Å². The highest BCUT2D eigenvalue weighted by Gasteiger charge is 2.18. The highest BCUT2D eigenvalue weighted by atomic mass is 35.5. The molecule has 0 saturated carbocycles. The SMILES string of the molecule is CCNC(c1ccc(C)c(OC)c1)c1sccc1Cl. The molecule has 19 heavy (non-hydrogen) atoms. The summed E-state index contributed by atoms with van der Waals surface area (Å²) in [5.74, 6) is 0.910. The highest BCUT2D eigenvalue weighted by Crippen LogP contribution is 2.34. The number of benzene rings is 1. The second-order valence-corrected chi connectivity index (χ2v) is 5.71. The van der Waals surface area contributed by atoms with Gasteiger partial charge in [0.25, 0.3) is 0 Å². The highest BCUT2D eigenvalue weighted by molar-refractivity contribution is 7.10. The van der Waals surface area contributed by atoms with Crippen LogP contribution in [-0.2, 0) is 0 Å². The lowest BCUT2D eigenvalue weighted by molar-refractivity contribution is 0.410. The zero-order chi connectivity index (χ0) is 13.8. The summed E-state index contributed by atoms with van der Waals surface area (Å²) in [4.78, 5) is 1.15. The van der Waals surface area contributed by atoms with Gasteiger partial charge in [0.2, 0.25) is 0 Å². The fourth-order valence-corrected chi connectivity index (χ4v) is 3.36. The largest absolute Gasteiger partial charge is 0.496 e. The summed E-state index contributed by atoms with van der Waals surface area (Å²) in [6.07, 6.45) is 0. The van der Waals surface area contributed by atoms with Crippen LogP contribution in [0.5, 0.6) is 5.75 Å². The van der Waals surface area contributed by atoms with Crippen LogP contribution in [0, 0.1) is 6.92 Å². The third-order valence-electron chi connectivity index (χ3n) is 3.08. The summed E-state index contributed by atoms with van der Waals surface area (Å²) in [5.41, 5.74) is 2.31. The number of aryl methyl sites for hydroxylation is 1. The van der Waals surface area contributed by atoms with Crippen molar-refractivity contribution >= 4 is 22.9 Å². The molecule has 0 aliphatic carbocycles. The fourth-order valence-electron chi connectivity index (χ4n) is 2.09. The van der Waals surface area contributed by atoms with Gasteiger partial charge in [0.15, 0.2) is 0 Å². The first-order valence-electron chi connectivity index (χ1n) is 6.28. The molecule has 2 rings (SSSR count). The summed E-state index contributed by atoms with van der Waals surface area (Å²) >= 11 is 7.94. The number of hydrogen-bond acceptors (Lipinski definition) is 3. The van der Waals surface area contributed by atoms with Crippen molar-refractivity contribution in [2.24, 2.45) is 0 Å². The molecule has 1 aromatic carbocycles. The predicted molar refractivity (Wildman–Crippen MR) is 82.6 cm³/mol. The number of halogens is 1. The smallest absolute Gasteiger partial charge is 0.122 e. The van der Waals surface area contributed by atoms with E-state index in [-0.39, 0.29) is 6.04 Å². The monoisotopic (exact) mass is 295 g/mol. The normalized spacial score (nSPS) is 12.4. The van der Waals surface area contributed by atoms with Crippen molar-refractivity contribution < 1.29 is 4.74 Å². The Kier molecular flexibility index (Phi) is 4.86. The minimum Gasteiger partial charge on any atom is -0.496 e. The Balaban J connectivity index is 2.42. The van der Waals surface area contributed by atoms with E-state index >= 15 is 0 Å². The van der Waals surface area contributed by atoms with Crippen LogP contribution in [0.25, 0.3) is 0 Å². The van der Waals surface area contributed by atoms with Crippen molar-refractivity contribution in [2.45, 2.75) is 19.9 Å². The van der Waals surface area contributed by atoms with Crippen LogP contribution >= 0.6 is 22.9 Å². The summed E-state index contributed by atoms with van der Waals surface area (Å²) in [5, 5.41) is 6.32. The first-order valence-corrected chi connectivity index (χ1v) is 7.54. The van der Waals surface area contributed by atoms with E-state index in [4.69, 9.17) is 16.3 Å². The Bertz CT molecular complexity index is 553. The van der Waals surface area contributed by atoms with Gasteiger partial charge in [0.1, 0.15) is 5.75 Å². The molecule has 0 saturated heterocycles. The molecule has 0 aliphatic rings. The lowest BCUT2D eigenvalue weighted by Crippen LogP contribution is -2.21. The molecule has 1 unspecified atom stereocenters. The number of hydrogen-bond donors (Lipinski definition) is 1. The number of ether oxygens (including phenoxy) is 1. The van der Waals surface area contributed by atoms with Gasteiger partial charge in [-0.25, -0.2) is 0 Å². The molecule has 0 fully saturated rings. The van der Waals surface area contributed by atoms with E-state index in [1.807, 2.05) is 18.4 Å². The molecule has 0 spiro atoms. The van der Waals surface area contributed by atoms with E-state index in [9.17, 15) is 0 Å². The Hall–Kier alpha value is -1.03. The van der Waals surface area contributed by atoms with E-state index in [1.165, 1.54) is 5.56 Å². The number of nitrogens with one attached hydrogen (secondary N) is 1. The van der Waals surface area contributed by atoms with Gasteiger partial charge in [-0.2, -0.15) is 0 Å². The molecular formula is C15H18ClNOS. The van der Waals surface area contributed by atoms with E-state index in [2.05, 4.69) is 30.4 Å². The quantitative estimate of drug-likeness (QED) is 0.882. The zero-order valence-electron chi connectivity index (χ0n) is 11.4. The van der Waals surface area contributed by atoms with Gasteiger partial charge in [0.05, 0.1) is 18.2 Å². The fraction of sp³-hybridized carbons (Fsp3) is 0.333. The third kappa shape index (κ3) is 3.11. The standard InChI is InChI=1S/C15H18ClNOS/c1-4-17-14(15-12(16)7-8-19-15)11-6-5-10(2)13(9-11)18-3/h5-9,14,17H,4H2,1-3H3. The molecule has 102 valence electrons. The van der Waals surface area contributed by atoms with Crippen LogP contribution in [0.4, 0.5) is 0 Å². The van der Waals surface area contributed by atoms with E-state index in [0.717, 1.165) is 27.8 Å². The molecule has 2 nitrogen and oxygen atoms in total.